The maximum atomic E-state index is 11.9. The largest absolute Gasteiger partial charge is 0.280 e. The molecule has 0 bridgehead atoms. The van der Waals surface area contributed by atoms with E-state index >= 15 is 0 Å². The van der Waals surface area contributed by atoms with Gasteiger partial charge in [0.25, 0.3) is 10.1 Å². The summed E-state index contributed by atoms with van der Waals surface area (Å²) in [5.41, 5.74) is 1.57. The van der Waals surface area contributed by atoms with Crippen LogP contribution in [-0.2, 0) is 19.8 Å². The molecule has 0 heterocycles. The Kier molecular flexibility index (Phi) is 5.30. The molecule has 0 spiro atoms. The fraction of sp³-hybridized carbons (Fsp3) is 0.364. The molecular formula is C22H27NO3S. The fourth-order valence-electron chi connectivity index (χ4n) is 3.78. The molecule has 5 heteroatoms. The lowest BCUT2D eigenvalue weighted by molar-refractivity contribution is -0.142. The monoisotopic (exact) mass is 385 g/mol. The predicted molar refractivity (Wildman–Crippen MR) is 109 cm³/mol. The van der Waals surface area contributed by atoms with E-state index in [1.807, 2.05) is 57.2 Å². The Hall–Kier alpha value is -1.95. The SMILES string of the molecule is CC(C)(C)N(OS(C)(=O)=O)C1C=CC(c2ccccc2)(c2ccccc2)C1. The number of hydrogen-bond acceptors (Lipinski definition) is 4. The van der Waals surface area contributed by atoms with Crippen molar-refractivity contribution in [2.45, 2.75) is 44.2 Å². The molecule has 2 aromatic rings. The summed E-state index contributed by atoms with van der Waals surface area (Å²) in [4.78, 5) is 0. The molecule has 4 nitrogen and oxygen atoms in total. The van der Waals surface area contributed by atoms with Crippen molar-refractivity contribution in [3.8, 4) is 0 Å². The van der Waals surface area contributed by atoms with Crippen LogP contribution in [0, 0.1) is 0 Å². The molecule has 1 aliphatic carbocycles. The Labute approximate surface area is 162 Å². The zero-order valence-electron chi connectivity index (χ0n) is 16.3. The van der Waals surface area contributed by atoms with Gasteiger partial charge in [-0.15, -0.1) is 0 Å². The molecule has 0 radical (unpaired) electrons. The smallest absolute Gasteiger partial charge is 0.198 e. The number of rotatable bonds is 5. The highest BCUT2D eigenvalue weighted by atomic mass is 32.2. The summed E-state index contributed by atoms with van der Waals surface area (Å²) in [7, 11) is -3.62. The van der Waals surface area contributed by atoms with Crippen LogP contribution in [0.5, 0.6) is 0 Å². The first-order valence-electron chi connectivity index (χ1n) is 9.11. The van der Waals surface area contributed by atoms with Gasteiger partial charge in [0, 0.05) is 11.0 Å². The first-order chi connectivity index (χ1) is 12.6. The van der Waals surface area contributed by atoms with Crippen LogP contribution < -0.4 is 0 Å². The molecule has 1 aliphatic rings. The molecule has 1 atom stereocenters. The molecule has 0 saturated carbocycles. The van der Waals surface area contributed by atoms with Crippen LogP contribution in [0.4, 0.5) is 0 Å². The third kappa shape index (κ3) is 4.32. The molecule has 2 aromatic carbocycles. The minimum atomic E-state index is -3.62. The molecule has 0 amide bonds. The van der Waals surface area contributed by atoms with Gasteiger partial charge in [-0.25, -0.2) is 0 Å². The zero-order valence-corrected chi connectivity index (χ0v) is 17.1. The Morgan fingerprint density at radius 3 is 1.85 bits per heavy atom. The average Bonchev–Trinajstić information content (AvgIpc) is 3.06. The van der Waals surface area contributed by atoms with Crippen LogP contribution in [0.3, 0.4) is 0 Å². The minimum absolute atomic E-state index is 0.167. The quantitative estimate of drug-likeness (QED) is 0.569. The van der Waals surface area contributed by atoms with Crippen molar-refractivity contribution in [2.24, 2.45) is 0 Å². The van der Waals surface area contributed by atoms with Gasteiger partial charge in [0.2, 0.25) is 0 Å². The van der Waals surface area contributed by atoms with E-state index in [1.165, 1.54) is 11.1 Å². The summed E-state index contributed by atoms with van der Waals surface area (Å²) < 4.78 is 29.1. The van der Waals surface area contributed by atoms with Crippen molar-refractivity contribution in [3.05, 3.63) is 83.9 Å². The number of benzene rings is 2. The lowest BCUT2D eigenvalue weighted by Gasteiger charge is -2.39. The molecule has 27 heavy (non-hydrogen) atoms. The molecular weight excluding hydrogens is 358 g/mol. The first-order valence-corrected chi connectivity index (χ1v) is 10.9. The Bertz CT molecular complexity index is 860. The standard InChI is InChI=1S/C22H27NO3S/c1-21(2,3)23(26-27(4,24)25)20-15-16-22(17-20,18-11-7-5-8-12-18)19-13-9-6-10-14-19/h5-16,20H,17H2,1-4H3. The van der Waals surface area contributed by atoms with E-state index in [2.05, 4.69) is 36.4 Å². The van der Waals surface area contributed by atoms with Gasteiger partial charge in [-0.1, -0.05) is 72.8 Å². The van der Waals surface area contributed by atoms with Gasteiger partial charge in [0.15, 0.2) is 0 Å². The second kappa shape index (κ2) is 7.23. The van der Waals surface area contributed by atoms with Crippen molar-refractivity contribution < 1.29 is 12.7 Å². The van der Waals surface area contributed by atoms with Gasteiger partial charge in [-0.3, -0.25) is 0 Å². The van der Waals surface area contributed by atoms with Gasteiger partial charge in [-0.05, 0) is 38.3 Å². The highest BCUT2D eigenvalue weighted by molar-refractivity contribution is 7.85. The number of hydroxylamine groups is 2. The summed E-state index contributed by atoms with van der Waals surface area (Å²) in [5.74, 6) is 0. The van der Waals surface area contributed by atoms with E-state index < -0.39 is 15.7 Å². The highest BCUT2D eigenvalue weighted by Gasteiger charge is 2.43. The van der Waals surface area contributed by atoms with Crippen molar-refractivity contribution >= 4 is 10.1 Å². The van der Waals surface area contributed by atoms with Crippen LogP contribution >= 0.6 is 0 Å². The van der Waals surface area contributed by atoms with Gasteiger partial charge in [0.1, 0.15) is 0 Å². The fourth-order valence-corrected chi connectivity index (χ4v) is 4.40. The Morgan fingerprint density at radius 1 is 0.963 bits per heavy atom. The summed E-state index contributed by atoms with van der Waals surface area (Å²) in [5, 5.41) is 1.60. The van der Waals surface area contributed by atoms with Gasteiger partial charge < -0.3 is 0 Å². The molecule has 0 N–H and O–H groups in total. The summed E-state index contributed by atoms with van der Waals surface area (Å²) in [6.45, 7) is 5.87. The first kappa shape index (κ1) is 19.8. The molecule has 1 unspecified atom stereocenters. The van der Waals surface area contributed by atoms with Crippen molar-refractivity contribution in [1.82, 2.24) is 5.06 Å². The van der Waals surface area contributed by atoms with Crippen LogP contribution in [0.2, 0.25) is 0 Å². The predicted octanol–water partition coefficient (Wildman–Crippen LogP) is 4.29. The number of hydrogen-bond donors (Lipinski definition) is 0. The minimum Gasteiger partial charge on any atom is -0.198 e. The molecule has 0 saturated heterocycles. The van der Waals surface area contributed by atoms with Crippen molar-refractivity contribution in [1.29, 1.82) is 0 Å². The van der Waals surface area contributed by atoms with E-state index in [-0.39, 0.29) is 11.5 Å². The van der Waals surface area contributed by atoms with Crippen molar-refractivity contribution in [2.75, 3.05) is 6.26 Å². The lowest BCUT2D eigenvalue weighted by Crippen LogP contribution is -2.48. The van der Waals surface area contributed by atoms with E-state index in [1.54, 1.807) is 5.06 Å². The average molecular weight is 386 g/mol. The highest BCUT2D eigenvalue weighted by Crippen LogP contribution is 2.44. The van der Waals surface area contributed by atoms with E-state index in [9.17, 15) is 8.42 Å². The van der Waals surface area contributed by atoms with Crippen LogP contribution in [0.15, 0.2) is 72.8 Å². The summed E-state index contributed by atoms with van der Waals surface area (Å²) >= 11 is 0. The normalized spacial score (nSPS) is 19.5. The Balaban J connectivity index is 2.04. The summed E-state index contributed by atoms with van der Waals surface area (Å²) in [6, 6.07) is 20.5. The molecule has 0 aromatic heterocycles. The molecule has 0 aliphatic heterocycles. The third-order valence-electron chi connectivity index (χ3n) is 4.89. The topological polar surface area (TPSA) is 46.6 Å². The third-order valence-corrected chi connectivity index (χ3v) is 5.32. The molecule has 3 rings (SSSR count). The van der Waals surface area contributed by atoms with Crippen molar-refractivity contribution in [3.63, 3.8) is 0 Å². The van der Waals surface area contributed by atoms with Crippen LogP contribution in [0.25, 0.3) is 0 Å². The zero-order chi connectivity index (χ0) is 19.7. The second-order valence-corrected chi connectivity index (χ2v) is 9.67. The van der Waals surface area contributed by atoms with Crippen LogP contribution in [-0.4, -0.2) is 31.3 Å². The number of nitrogens with zero attached hydrogens (tertiary/aromatic N) is 1. The summed E-state index contributed by atoms with van der Waals surface area (Å²) in [6.07, 6.45) is 6.04. The number of allylic oxidation sites excluding steroid dienone is 1. The van der Waals surface area contributed by atoms with Gasteiger partial charge >= 0.3 is 0 Å². The maximum absolute atomic E-state index is 11.9. The lowest BCUT2D eigenvalue weighted by atomic mass is 9.73. The molecule has 144 valence electrons. The van der Waals surface area contributed by atoms with Gasteiger partial charge in [-0.2, -0.15) is 17.8 Å². The van der Waals surface area contributed by atoms with Crippen LogP contribution in [0.1, 0.15) is 38.3 Å². The van der Waals surface area contributed by atoms with Gasteiger partial charge in [0.05, 0.1) is 12.3 Å². The van der Waals surface area contributed by atoms with E-state index in [0.29, 0.717) is 6.42 Å². The Morgan fingerprint density at radius 2 is 1.44 bits per heavy atom. The van der Waals surface area contributed by atoms with E-state index in [0.717, 1.165) is 6.26 Å². The second-order valence-electron chi connectivity index (χ2n) is 8.11. The maximum Gasteiger partial charge on any atom is 0.280 e. The molecule has 0 fully saturated rings. The van der Waals surface area contributed by atoms with E-state index in [4.69, 9.17) is 4.28 Å².